The highest BCUT2D eigenvalue weighted by atomic mass is 16.5. The van der Waals surface area contributed by atoms with Crippen LogP contribution in [0.3, 0.4) is 0 Å². The van der Waals surface area contributed by atoms with Crippen molar-refractivity contribution in [3.8, 4) is 17.2 Å². The van der Waals surface area contributed by atoms with Crippen molar-refractivity contribution in [2.24, 2.45) is 0 Å². The third-order valence-corrected chi connectivity index (χ3v) is 6.00. The Hall–Kier alpha value is -3.78. The molecule has 3 rings (SSSR count). The smallest absolute Gasteiger partial charge is 0.295 e. The molecule has 1 saturated heterocycles. The summed E-state index contributed by atoms with van der Waals surface area (Å²) >= 11 is 0. The van der Waals surface area contributed by atoms with Crippen LogP contribution >= 0.6 is 0 Å². The summed E-state index contributed by atoms with van der Waals surface area (Å²) in [5.74, 6) is 0.0229. The summed E-state index contributed by atoms with van der Waals surface area (Å²) in [5, 5.41) is 11.4. The number of methoxy groups -OCH3 is 1. The molecule has 0 bridgehead atoms. The maximum absolute atomic E-state index is 13.3. The summed E-state index contributed by atoms with van der Waals surface area (Å²) in [5.41, 5.74) is 1.89. The topological polar surface area (TPSA) is 88.5 Å². The normalized spacial score (nSPS) is 17.0. The molecule has 1 unspecified atom stereocenters. The van der Waals surface area contributed by atoms with E-state index in [0.717, 1.165) is 5.56 Å². The number of amides is 1. The molecule has 198 valence electrons. The van der Waals surface area contributed by atoms with Crippen molar-refractivity contribution in [3.63, 3.8) is 0 Å². The number of hydrogen-bond acceptors (Lipinski definition) is 7. The molecule has 1 aliphatic rings. The summed E-state index contributed by atoms with van der Waals surface area (Å²) in [6, 6.07) is 9.64. The lowest BCUT2D eigenvalue weighted by Crippen LogP contribution is -2.35. The van der Waals surface area contributed by atoms with Crippen molar-refractivity contribution in [2.75, 3.05) is 40.9 Å². The van der Waals surface area contributed by atoms with Crippen LogP contribution < -0.4 is 14.2 Å². The third-order valence-electron chi connectivity index (χ3n) is 6.00. The number of Topliss-reactive ketones (excluding diaryl/α,β-unsaturated/α-hetero) is 1. The second-order valence-electron chi connectivity index (χ2n) is 9.45. The Morgan fingerprint density at radius 3 is 2.43 bits per heavy atom. The lowest BCUT2D eigenvalue weighted by Gasteiger charge is -2.27. The van der Waals surface area contributed by atoms with Gasteiger partial charge in [0.25, 0.3) is 11.7 Å². The van der Waals surface area contributed by atoms with Gasteiger partial charge in [-0.3, -0.25) is 9.59 Å². The Bertz CT molecular complexity index is 1200. The molecule has 8 nitrogen and oxygen atoms in total. The van der Waals surface area contributed by atoms with E-state index >= 15 is 0 Å². The molecular weight excluding hydrogens is 472 g/mol. The van der Waals surface area contributed by atoms with Gasteiger partial charge in [-0.15, -0.1) is 0 Å². The molecule has 0 saturated carbocycles. The van der Waals surface area contributed by atoms with Crippen LogP contribution in [0.5, 0.6) is 17.2 Å². The summed E-state index contributed by atoms with van der Waals surface area (Å²) in [6.07, 6.45) is 1.62. The minimum Gasteiger partial charge on any atom is -0.507 e. The van der Waals surface area contributed by atoms with Crippen molar-refractivity contribution in [1.29, 1.82) is 0 Å². The number of aliphatic hydroxyl groups excluding tert-OH is 1. The van der Waals surface area contributed by atoms with Gasteiger partial charge in [0, 0.05) is 18.7 Å². The van der Waals surface area contributed by atoms with Crippen LogP contribution in [-0.2, 0) is 9.59 Å². The Balaban J connectivity index is 2.15. The first kappa shape index (κ1) is 27.8. The number of likely N-dealkylation sites (N-methyl/N-ethyl adjacent to an activating group) is 1. The van der Waals surface area contributed by atoms with Gasteiger partial charge in [-0.25, -0.2) is 0 Å². The maximum atomic E-state index is 13.3. The molecule has 1 heterocycles. The van der Waals surface area contributed by atoms with E-state index in [9.17, 15) is 14.7 Å². The lowest BCUT2D eigenvalue weighted by atomic mass is 9.94. The van der Waals surface area contributed by atoms with E-state index in [1.807, 2.05) is 39.8 Å². The highest BCUT2D eigenvalue weighted by molar-refractivity contribution is 6.46. The molecule has 0 radical (unpaired) electrons. The standard InChI is InChI=1S/C29H36N2O6/c1-8-15-36-23-12-9-20(17-24(23)35-7)26-25(28(33)29(34)31(26)14-13-30(5)6)27(32)21-10-11-22(19(4)16-21)37-18(2)3/h8-12,16-18,26,32H,1,13-15H2,2-7H3/b27-25+. The van der Waals surface area contributed by atoms with Crippen molar-refractivity contribution in [2.45, 2.75) is 32.9 Å². The molecule has 1 atom stereocenters. The van der Waals surface area contributed by atoms with Gasteiger partial charge in [-0.1, -0.05) is 18.7 Å². The first-order valence-corrected chi connectivity index (χ1v) is 12.2. The average molecular weight is 509 g/mol. The van der Waals surface area contributed by atoms with E-state index in [4.69, 9.17) is 14.2 Å². The number of carbonyl (C=O) groups excluding carboxylic acids is 2. The number of likely N-dealkylation sites (tertiary alicyclic amines) is 1. The highest BCUT2D eigenvalue weighted by Crippen LogP contribution is 2.42. The highest BCUT2D eigenvalue weighted by Gasteiger charge is 2.46. The van der Waals surface area contributed by atoms with E-state index in [2.05, 4.69) is 6.58 Å². The predicted molar refractivity (Wildman–Crippen MR) is 143 cm³/mol. The molecule has 0 aromatic heterocycles. The largest absolute Gasteiger partial charge is 0.507 e. The number of carbonyl (C=O) groups is 2. The molecule has 0 aliphatic carbocycles. The molecule has 1 N–H and O–H groups in total. The monoisotopic (exact) mass is 508 g/mol. The van der Waals surface area contributed by atoms with Crippen molar-refractivity contribution >= 4 is 17.4 Å². The van der Waals surface area contributed by atoms with Crippen LogP contribution in [0.1, 0.15) is 36.6 Å². The van der Waals surface area contributed by atoms with Crippen LogP contribution in [0, 0.1) is 6.92 Å². The molecule has 8 heteroatoms. The zero-order chi connectivity index (χ0) is 27.3. The molecule has 2 aromatic rings. The van der Waals surface area contributed by atoms with E-state index in [1.54, 1.807) is 42.5 Å². The molecule has 1 fully saturated rings. The van der Waals surface area contributed by atoms with Gasteiger partial charge in [0.1, 0.15) is 18.1 Å². The van der Waals surface area contributed by atoms with Crippen molar-refractivity contribution in [1.82, 2.24) is 9.80 Å². The summed E-state index contributed by atoms with van der Waals surface area (Å²) in [6.45, 7) is 10.5. The number of benzene rings is 2. The predicted octanol–water partition coefficient (Wildman–Crippen LogP) is 4.34. The number of aryl methyl sites for hydroxylation is 1. The molecule has 0 spiro atoms. The van der Waals surface area contributed by atoms with Gasteiger partial charge in [-0.2, -0.15) is 0 Å². The molecular formula is C29H36N2O6. The summed E-state index contributed by atoms with van der Waals surface area (Å²) in [4.78, 5) is 29.9. The molecule has 1 aliphatic heterocycles. The average Bonchev–Trinajstić information content (AvgIpc) is 3.11. The second-order valence-corrected chi connectivity index (χ2v) is 9.45. The fraction of sp³-hybridized carbons (Fsp3) is 0.379. The zero-order valence-electron chi connectivity index (χ0n) is 22.4. The van der Waals surface area contributed by atoms with Crippen LogP contribution in [0.2, 0.25) is 0 Å². The molecule has 1 amide bonds. The number of nitrogens with zero attached hydrogens (tertiary/aromatic N) is 2. The van der Waals surface area contributed by atoms with Crippen LogP contribution in [0.25, 0.3) is 5.76 Å². The Kier molecular flexibility index (Phi) is 8.99. The SMILES string of the molecule is C=CCOc1ccc(C2/C(=C(\O)c3ccc(OC(C)C)c(C)c3)C(=O)C(=O)N2CCN(C)C)cc1OC. The summed E-state index contributed by atoms with van der Waals surface area (Å²) in [7, 11) is 5.31. The first-order chi connectivity index (χ1) is 17.6. The second kappa shape index (κ2) is 12.0. The van der Waals surface area contributed by atoms with Gasteiger partial charge in [0.15, 0.2) is 11.5 Å². The van der Waals surface area contributed by atoms with E-state index in [0.29, 0.717) is 48.1 Å². The lowest BCUT2D eigenvalue weighted by molar-refractivity contribution is -0.140. The number of ketones is 1. The van der Waals surface area contributed by atoms with E-state index < -0.39 is 17.7 Å². The quantitative estimate of drug-likeness (QED) is 0.209. The van der Waals surface area contributed by atoms with E-state index in [-0.39, 0.29) is 17.4 Å². The van der Waals surface area contributed by atoms with Gasteiger partial charge >= 0.3 is 0 Å². The van der Waals surface area contributed by atoms with Gasteiger partial charge in [-0.05, 0) is 76.3 Å². The van der Waals surface area contributed by atoms with Crippen LogP contribution in [-0.4, -0.2) is 73.6 Å². The summed E-state index contributed by atoms with van der Waals surface area (Å²) < 4.78 is 17.0. The van der Waals surface area contributed by atoms with Gasteiger partial charge < -0.3 is 29.1 Å². The first-order valence-electron chi connectivity index (χ1n) is 12.2. The Morgan fingerprint density at radius 2 is 1.84 bits per heavy atom. The Morgan fingerprint density at radius 1 is 1.14 bits per heavy atom. The molecule has 2 aromatic carbocycles. The Labute approximate surface area is 218 Å². The minimum atomic E-state index is -0.797. The number of rotatable bonds is 11. The van der Waals surface area contributed by atoms with Crippen LogP contribution in [0.15, 0.2) is 54.6 Å². The third kappa shape index (κ3) is 6.14. The fourth-order valence-electron chi connectivity index (χ4n) is 4.23. The van der Waals surface area contributed by atoms with Crippen molar-refractivity contribution < 1.29 is 28.9 Å². The number of aliphatic hydroxyl groups is 1. The number of ether oxygens (including phenoxy) is 3. The van der Waals surface area contributed by atoms with Gasteiger partial charge in [0.05, 0.1) is 24.8 Å². The molecule has 37 heavy (non-hydrogen) atoms. The fourth-order valence-corrected chi connectivity index (χ4v) is 4.23. The minimum absolute atomic E-state index is 0.00594. The van der Waals surface area contributed by atoms with Gasteiger partial charge in [0.2, 0.25) is 0 Å². The zero-order valence-corrected chi connectivity index (χ0v) is 22.4. The van der Waals surface area contributed by atoms with E-state index in [1.165, 1.54) is 12.0 Å². The van der Waals surface area contributed by atoms with Crippen LogP contribution in [0.4, 0.5) is 0 Å². The maximum Gasteiger partial charge on any atom is 0.295 e. The van der Waals surface area contributed by atoms with Crippen molar-refractivity contribution in [3.05, 3.63) is 71.3 Å². The number of hydrogen-bond donors (Lipinski definition) is 1.